The molecule has 2 aromatic rings. The van der Waals surface area contributed by atoms with Crippen LogP contribution in [-0.2, 0) is 13.0 Å². The van der Waals surface area contributed by atoms with E-state index in [2.05, 4.69) is 31.5 Å². The van der Waals surface area contributed by atoms with Crippen molar-refractivity contribution in [2.24, 2.45) is 10.7 Å². The van der Waals surface area contributed by atoms with Gasteiger partial charge in [-0.25, -0.2) is 9.98 Å². The number of imidazole rings is 1. The predicted molar refractivity (Wildman–Crippen MR) is 117 cm³/mol. The van der Waals surface area contributed by atoms with Gasteiger partial charge in [0.2, 0.25) is 0 Å². The zero-order valence-corrected chi connectivity index (χ0v) is 17.7. The van der Waals surface area contributed by atoms with Crippen LogP contribution in [0, 0.1) is 0 Å². The van der Waals surface area contributed by atoms with E-state index in [-0.39, 0.29) is 30.0 Å². The Morgan fingerprint density at radius 1 is 1.12 bits per heavy atom. The molecule has 0 spiro atoms. The summed E-state index contributed by atoms with van der Waals surface area (Å²) in [4.78, 5) is 13.7. The van der Waals surface area contributed by atoms with Crippen LogP contribution in [0.4, 0.5) is 5.69 Å². The van der Waals surface area contributed by atoms with Gasteiger partial charge in [0.05, 0.1) is 6.04 Å². The average Bonchev–Trinajstić information content (AvgIpc) is 3.10. The summed E-state index contributed by atoms with van der Waals surface area (Å²) in [5.41, 5.74) is 7.50. The minimum atomic E-state index is 0. The van der Waals surface area contributed by atoms with E-state index in [0.717, 1.165) is 56.4 Å². The molecule has 1 atom stereocenters. The molecule has 1 aromatic carbocycles. The van der Waals surface area contributed by atoms with Crippen molar-refractivity contribution in [2.45, 2.75) is 25.4 Å². The van der Waals surface area contributed by atoms with Gasteiger partial charge in [-0.2, -0.15) is 0 Å². The molecule has 1 aromatic heterocycles. The molecule has 26 heavy (non-hydrogen) atoms. The lowest BCUT2D eigenvalue weighted by molar-refractivity contribution is 0.374. The Morgan fingerprint density at radius 3 is 2.58 bits per heavy atom. The van der Waals surface area contributed by atoms with Crippen LogP contribution in [0.5, 0.6) is 0 Å². The van der Waals surface area contributed by atoms with Gasteiger partial charge < -0.3 is 20.1 Å². The quantitative estimate of drug-likeness (QED) is 0.403. The van der Waals surface area contributed by atoms with E-state index < -0.39 is 0 Å². The van der Waals surface area contributed by atoms with E-state index >= 15 is 0 Å². The van der Waals surface area contributed by atoms with Gasteiger partial charge in [0.1, 0.15) is 5.82 Å². The molecule has 140 valence electrons. The molecule has 1 unspecified atom stereocenters. The van der Waals surface area contributed by atoms with Crippen LogP contribution < -0.4 is 10.6 Å². The smallest absolute Gasteiger partial charge is 0.191 e. The number of aromatic nitrogens is 2. The van der Waals surface area contributed by atoms with Crippen LogP contribution in [0.15, 0.2) is 41.7 Å². The first-order valence-corrected chi connectivity index (χ1v) is 9.15. The number of guanidine groups is 1. The molecule has 1 fully saturated rings. The van der Waals surface area contributed by atoms with Crippen LogP contribution in [0.25, 0.3) is 0 Å². The van der Waals surface area contributed by atoms with Crippen LogP contribution in [0.2, 0.25) is 5.02 Å². The molecular weight excluding hydrogens is 463 g/mol. The van der Waals surface area contributed by atoms with Crippen molar-refractivity contribution >= 4 is 47.2 Å². The number of hydrogen-bond acceptors (Lipinski definition) is 3. The monoisotopic (exact) mass is 486 g/mol. The maximum atomic E-state index is 6.29. The summed E-state index contributed by atoms with van der Waals surface area (Å²) in [6.07, 6.45) is 5.79. The molecule has 0 amide bonds. The first-order valence-electron chi connectivity index (χ1n) is 8.78. The Hall–Kier alpha value is -1.48. The molecule has 2 aliphatic heterocycles. The zero-order valence-electron chi connectivity index (χ0n) is 14.6. The summed E-state index contributed by atoms with van der Waals surface area (Å²) in [5.74, 6) is 1.78. The first-order chi connectivity index (χ1) is 12.2. The Bertz CT molecular complexity index is 751. The normalized spacial score (nSPS) is 20.5. The molecule has 8 heteroatoms. The van der Waals surface area contributed by atoms with Crippen molar-refractivity contribution in [3.8, 4) is 0 Å². The van der Waals surface area contributed by atoms with Gasteiger partial charge in [-0.15, -0.1) is 24.0 Å². The standard InChI is InChI=1S/C18H23ClN6.HI/c19-14-1-3-16(4-2-14)23-9-11-25(12-10-23)18(20)22-15-5-7-24-8-6-21-17(24)13-15;/h1-4,6,8,15H,5,7,9-13H2,(H2,20,22);1H. The van der Waals surface area contributed by atoms with Gasteiger partial charge in [-0.1, -0.05) is 11.6 Å². The van der Waals surface area contributed by atoms with Crippen LogP contribution in [0.1, 0.15) is 12.2 Å². The summed E-state index contributed by atoms with van der Waals surface area (Å²) >= 11 is 5.97. The van der Waals surface area contributed by atoms with Gasteiger partial charge in [0.15, 0.2) is 5.96 Å². The molecule has 6 nitrogen and oxygen atoms in total. The Balaban J connectivity index is 0.00000196. The fourth-order valence-corrected chi connectivity index (χ4v) is 3.69. The summed E-state index contributed by atoms with van der Waals surface area (Å²) in [6, 6.07) is 8.25. The number of nitrogens with two attached hydrogens (primary N) is 1. The largest absolute Gasteiger partial charge is 0.370 e. The van der Waals surface area contributed by atoms with E-state index in [1.165, 1.54) is 5.69 Å². The van der Waals surface area contributed by atoms with Gasteiger partial charge >= 0.3 is 0 Å². The highest BCUT2D eigenvalue weighted by Crippen LogP contribution is 2.20. The van der Waals surface area contributed by atoms with Crippen molar-refractivity contribution < 1.29 is 0 Å². The van der Waals surface area contributed by atoms with E-state index in [0.29, 0.717) is 5.96 Å². The highest BCUT2D eigenvalue weighted by atomic mass is 127. The Kier molecular flexibility index (Phi) is 6.29. The number of fused-ring (bicyclic) bond motifs is 1. The first kappa shape index (κ1) is 19.3. The van der Waals surface area contributed by atoms with Crippen molar-refractivity contribution in [1.82, 2.24) is 14.5 Å². The Labute approximate surface area is 176 Å². The third-order valence-electron chi connectivity index (χ3n) is 5.03. The number of aliphatic imine (C=N–C) groups is 1. The van der Waals surface area contributed by atoms with E-state index in [4.69, 9.17) is 22.3 Å². The number of halogens is 2. The van der Waals surface area contributed by atoms with Crippen LogP contribution >= 0.6 is 35.6 Å². The van der Waals surface area contributed by atoms with Gasteiger partial charge in [-0.05, 0) is 30.7 Å². The number of anilines is 1. The topological polar surface area (TPSA) is 62.7 Å². The number of hydrogen-bond donors (Lipinski definition) is 1. The van der Waals surface area contributed by atoms with Crippen LogP contribution in [-0.4, -0.2) is 52.6 Å². The van der Waals surface area contributed by atoms with Crippen molar-refractivity contribution in [1.29, 1.82) is 0 Å². The summed E-state index contributed by atoms with van der Waals surface area (Å²) in [5, 5.41) is 0.770. The molecular formula is C18H24ClIN6. The van der Waals surface area contributed by atoms with Crippen molar-refractivity contribution in [2.75, 3.05) is 31.1 Å². The highest BCUT2D eigenvalue weighted by Gasteiger charge is 2.22. The fourth-order valence-electron chi connectivity index (χ4n) is 3.56. The second-order valence-electron chi connectivity index (χ2n) is 6.62. The maximum absolute atomic E-state index is 6.29. The van der Waals surface area contributed by atoms with E-state index in [1.54, 1.807) is 0 Å². The molecule has 0 bridgehead atoms. The molecule has 4 rings (SSSR count). The second-order valence-corrected chi connectivity index (χ2v) is 7.06. The lowest BCUT2D eigenvalue weighted by Crippen LogP contribution is -2.51. The molecule has 0 aliphatic carbocycles. The van der Waals surface area contributed by atoms with Crippen molar-refractivity contribution in [3.05, 3.63) is 47.5 Å². The highest BCUT2D eigenvalue weighted by molar-refractivity contribution is 14.0. The number of nitrogens with zero attached hydrogens (tertiary/aromatic N) is 5. The lowest BCUT2D eigenvalue weighted by atomic mass is 10.1. The van der Waals surface area contributed by atoms with E-state index in [9.17, 15) is 0 Å². The predicted octanol–water partition coefficient (Wildman–Crippen LogP) is 2.61. The van der Waals surface area contributed by atoms with E-state index in [1.807, 2.05) is 24.5 Å². The van der Waals surface area contributed by atoms with Gasteiger partial charge in [0.25, 0.3) is 0 Å². The molecule has 0 radical (unpaired) electrons. The summed E-state index contributed by atoms with van der Waals surface area (Å²) < 4.78 is 2.20. The van der Waals surface area contributed by atoms with Crippen molar-refractivity contribution in [3.63, 3.8) is 0 Å². The number of piperazine rings is 1. The number of benzene rings is 1. The second kappa shape index (κ2) is 8.47. The minimum absolute atomic E-state index is 0. The third-order valence-corrected chi connectivity index (χ3v) is 5.29. The molecule has 2 aliphatic rings. The minimum Gasteiger partial charge on any atom is -0.370 e. The third kappa shape index (κ3) is 4.25. The summed E-state index contributed by atoms with van der Waals surface area (Å²) in [6.45, 7) is 4.62. The SMILES string of the molecule is I.NC(=NC1CCn2ccnc2C1)N1CCN(c2ccc(Cl)cc2)CC1. The molecule has 0 saturated carbocycles. The lowest BCUT2D eigenvalue weighted by Gasteiger charge is -2.37. The molecule has 1 saturated heterocycles. The van der Waals surface area contributed by atoms with Crippen LogP contribution in [0.3, 0.4) is 0 Å². The number of aryl methyl sites for hydroxylation is 1. The molecule has 3 heterocycles. The fraction of sp³-hybridized carbons (Fsp3) is 0.444. The Morgan fingerprint density at radius 2 is 1.85 bits per heavy atom. The van der Waals surface area contributed by atoms with Gasteiger partial charge in [0, 0.05) is 62.2 Å². The number of rotatable bonds is 2. The molecule has 2 N–H and O–H groups in total. The zero-order chi connectivity index (χ0) is 17.2. The average molecular weight is 487 g/mol. The maximum Gasteiger partial charge on any atom is 0.191 e. The summed E-state index contributed by atoms with van der Waals surface area (Å²) in [7, 11) is 0. The van der Waals surface area contributed by atoms with Gasteiger partial charge in [-0.3, -0.25) is 0 Å².